The van der Waals surface area contributed by atoms with Crippen molar-refractivity contribution in [3.05, 3.63) is 28.7 Å². The predicted molar refractivity (Wildman–Crippen MR) is 89.7 cm³/mol. The number of halogens is 1. The van der Waals surface area contributed by atoms with Gasteiger partial charge in [-0.05, 0) is 30.7 Å². The highest BCUT2D eigenvalue weighted by molar-refractivity contribution is 9.10. The first-order valence-electron chi connectivity index (χ1n) is 7.25. The van der Waals surface area contributed by atoms with Crippen LogP contribution in [-0.2, 0) is 4.79 Å². The molecule has 22 heavy (non-hydrogen) atoms. The molecule has 1 unspecified atom stereocenters. The van der Waals surface area contributed by atoms with Gasteiger partial charge in [-0.15, -0.1) is 0 Å². The van der Waals surface area contributed by atoms with Crippen molar-refractivity contribution in [3.63, 3.8) is 0 Å². The summed E-state index contributed by atoms with van der Waals surface area (Å²) in [5.41, 5.74) is 0.643. The molecular weight excluding hydrogens is 350 g/mol. The zero-order chi connectivity index (χ0) is 16.4. The third kappa shape index (κ3) is 7.42. The topological polar surface area (TPSA) is 90.5 Å². The fourth-order valence-corrected chi connectivity index (χ4v) is 1.97. The van der Waals surface area contributed by atoms with Gasteiger partial charge in [0, 0.05) is 23.1 Å². The number of benzene rings is 1. The number of carbonyl (C=O) groups is 2. The minimum Gasteiger partial charge on any atom is -0.394 e. The van der Waals surface area contributed by atoms with E-state index in [9.17, 15) is 14.7 Å². The van der Waals surface area contributed by atoms with E-state index in [0.29, 0.717) is 12.1 Å². The molecule has 0 spiro atoms. The van der Waals surface area contributed by atoms with Crippen molar-refractivity contribution in [1.29, 1.82) is 0 Å². The van der Waals surface area contributed by atoms with Gasteiger partial charge in [-0.3, -0.25) is 4.79 Å². The Balaban J connectivity index is 2.36. The number of aliphatic hydroxyl groups excluding tert-OH is 1. The Bertz CT molecular complexity index is 479. The molecule has 1 atom stereocenters. The van der Waals surface area contributed by atoms with Gasteiger partial charge < -0.3 is 21.1 Å². The van der Waals surface area contributed by atoms with E-state index in [4.69, 9.17) is 0 Å². The molecule has 0 aliphatic heterocycles. The van der Waals surface area contributed by atoms with Crippen molar-refractivity contribution in [2.75, 3.05) is 18.5 Å². The Labute approximate surface area is 138 Å². The molecule has 0 aliphatic carbocycles. The Morgan fingerprint density at radius 1 is 1.27 bits per heavy atom. The zero-order valence-electron chi connectivity index (χ0n) is 12.6. The van der Waals surface area contributed by atoms with Crippen molar-refractivity contribution < 1.29 is 14.7 Å². The summed E-state index contributed by atoms with van der Waals surface area (Å²) in [6.45, 7) is 1.96. The molecule has 7 heteroatoms. The number of hydrogen-bond donors (Lipinski definition) is 4. The van der Waals surface area contributed by atoms with E-state index in [1.54, 1.807) is 12.1 Å². The molecule has 1 aromatic carbocycles. The molecule has 6 nitrogen and oxygen atoms in total. The van der Waals surface area contributed by atoms with E-state index < -0.39 is 12.1 Å². The highest BCUT2D eigenvalue weighted by Crippen LogP contribution is 2.13. The second kappa shape index (κ2) is 10.2. The molecule has 0 aliphatic rings. The Hall–Kier alpha value is -1.60. The summed E-state index contributed by atoms with van der Waals surface area (Å²) in [5.74, 6) is -0.0737. The highest BCUT2D eigenvalue weighted by atomic mass is 79.9. The highest BCUT2D eigenvalue weighted by Gasteiger charge is 2.12. The second-order valence-corrected chi connectivity index (χ2v) is 5.81. The quantitative estimate of drug-likeness (QED) is 0.564. The number of nitrogens with one attached hydrogen (secondary N) is 3. The Morgan fingerprint density at radius 3 is 2.55 bits per heavy atom. The molecule has 0 bridgehead atoms. The minimum atomic E-state index is -0.527. The van der Waals surface area contributed by atoms with Gasteiger partial charge in [-0.1, -0.05) is 29.3 Å². The molecule has 4 N–H and O–H groups in total. The summed E-state index contributed by atoms with van der Waals surface area (Å²) in [4.78, 5) is 23.3. The van der Waals surface area contributed by atoms with E-state index in [2.05, 4.69) is 31.9 Å². The first-order chi connectivity index (χ1) is 10.5. The van der Waals surface area contributed by atoms with Crippen LogP contribution >= 0.6 is 15.9 Å². The van der Waals surface area contributed by atoms with Crippen molar-refractivity contribution in [2.24, 2.45) is 0 Å². The van der Waals surface area contributed by atoms with Gasteiger partial charge in [-0.2, -0.15) is 0 Å². The van der Waals surface area contributed by atoms with Gasteiger partial charge in [0.1, 0.15) is 0 Å². The summed E-state index contributed by atoms with van der Waals surface area (Å²) in [7, 11) is 0. The van der Waals surface area contributed by atoms with E-state index >= 15 is 0 Å². The number of hydrogen-bond acceptors (Lipinski definition) is 3. The van der Waals surface area contributed by atoms with Crippen LogP contribution in [0.5, 0.6) is 0 Å². The van der Waals surface area contributed by atoms with Crippen LogP contribution in [0, 0.1) is 0 Å². The lowest BCUT2D eigenvalue weighted by Gasteiger charge is -2.17. The Kier molecular flexibility index (Phi) is 8.54. The van der Waals surface area contributed by atoms with Crippen LogP contribution in [0.25, 0.3) is 0 Å². The maximum Gasteiger partial charge on any atom is 0.319 e. The molecular formula is C15H22BrN3O3. The number of aliphatic hydroxyl groups is 1. The SMILES string of the molecule is CCCCC(=O)NCC(CO)NC(=O)Nc1ccc(Br)cc1. The van der Waals surface area contributed by atoms with Gasteiger partial charge >= 0.3 is 6.03 Å². The average molecular weight is 372 g/mol. The van der Waals surface area contributed by atoms with Crippen molar-refractivity contribution in [1.82, 2.24) is 10.6 Å². The van der Waals surface area contributed by atoms with Gasteiger partial charge in [-0.25, -0.2) is 4.79 Å². The fraction of sp³-hybridized carbons (Fsp3) is 0.467. The molecule has 1 rings (SSSR count). The van der Waals surface area contributed by atoms with Gasteiger partial charge in [0.15, 0.2) is 0 Å². The number of anilines is 1. The maximum atomic E-state index is 11.8. The lowest BCUT2D eigenvalue weighted by Crippen LogP contribution is -2.47. The minimum absolute atomic E-state index is 0.0737. The van der Waals surface area contributed by atoms with Gasteiger partial charge in [0.25, 0.3) is 0 Å². The zero-order valence-corrected chi connectivity index (χ0v) is 14.1. The molecule has 0 radical (unpaired) electrons. The molecule has 0 aromatic heterocycles. The van der Waals surface area contributed by atoms with Crippen LogP contribution in [-0.4, -0.2) is 36.2 Å². The van der Waals surface area contributed by atoms with Crippen LogP contribution in [0.2, 0.25) is 0 Å². The van der Waals surface area contributed by atoms with Crippen LogP contribution in [0.3, 0.4) is 0 Å². The standard InChI is InChI=1S/C15H22BrN3O3/c1-2-3-4-14(21)17-9-13(10-20)19-15(22)18-12-7-5-11(16)6-8-12/h5-8,13,20H,2-4,9-10H2,1H3,(H,17,21)(H2,18,19,22). The lowest BCUT2D eigenvalue weighted by molar-refractivity contribution is -0.121. The van der Waals surface area contributed by atoms with Crippen molar-refractivity contribution in [2.45, 2.75) is 32.2 Å². The number of carbonyl (C=O) groups excluding carboxylic acids is 2. The Morgan fingerprint density at radius 2 is 1.95 bits per heavy atom. The van der Waals surface area contributed by atoms with E-state index in [0.717, 1.165) is 17.3 Å². The van der Waals surface area contributed by atoms with Gasteiger partial charge in [0.2, 0.25) is 5.91 Å². The van der Waals surface area contributed by atoms with Crippen LogP contribution in [0.15, 0.2) is 28.7 Å². The normalized spacial score (nSPS) is 11.6. The smallest absolute Gasteiger partial charge is 0.319 e. The summed E-state index contributed by atoms with van der Waals surface area (Å²) in [6.07, 6.45) is 2.23. The molecule has 0 fully saturated rings. The fourth-order valence-electron chi connectivity index (χ4n) is 1.71. The summed E-state index contributed by atoms with van der Waals surface area (Å²) < 4.78 is 0.918. The number of unbranched alkanes of at least 4 members (excludes halogenated alkanes) is 1. The summed E-state index contributed by atoms with van der Waals surface area (Å²) in [6, 6.07) is 6.18. The van der Waals surface area contributed by atoms with Crippen LogP contribution in [0.1, 0.15) is 26.2 Å². The first kappa shape index (κ1) is 18.4. The lowest BCUT2D eigenvalue weighted by atomic mass is 10.2. The average Bonchev–Trinajstić information content (AvgIpc) is 2.51. The largest absolute Gasteiger partial charge is 0.394 e. The second-order valence-electron chi connectivity index (χ2n) is 4.89. The molecule has 0 saturated heterocycles. The monoisotopic (exact) mass is 371 g/mol. The van der Waals surface area contributed by atoms with Gasteiger partial charge in [0.05, 0.1) is 12.6 Å². The molecule has 0 heterocycles. The molecule has 1 aromatic rings. The molecule has 0 saturated carbocycles. The predicted octanol–water partition coefficient (Wildman–Crippen LogP) is 2.24. The van der Waals surface area contributed by atoms with E-state index in [-0.39, 0.29) is 19.1 Å². The summed E-state index contributed by atoms with van der Waals surface area (Å²) in [5, 5.41) is 17.2. The van der Waals surface area contributed by atoms with Crippen LogP contribution < -0.4 is 16.0 Å². The number of urea groups is 1. The number of rotatable bonds is 8. The molecule has 122 valence electrons. The van der Waals surface area contributed by atoms with Crippen molar-refractivity contribution in [3.8, 4) is 0 Å². The summed E-state index contributed by atoms with van der Waals surface area (Å²) >= 11 is 3.31. The maximum absolute atomic E-state index is 11.8. The van der Waals surface area contributed by atoms with Crippen LogP contribution in [0.4, 0.5) is 10.5 Å². The number of amides is 3. The van der Waals surface area contributed by atoms with Crippen molar-refractivity contribution >= 4 is 33.6 Å². The van der Waals surface area contributed by atoms with E-state index in [1.165, 1.54) is 0 Å². The third-order valence-electron chi connectivity index (χ3n) is 2.96. The first-order valence-corrected chi connectivity index (χ1v) is 8.05. The van der Waals surface area contributed by atoms with E-state index in [1.807, 2.05) is 19.1 Å². The molecule has 3 amide bonds. The third-order valence-corrected chi connectivity index (χ3v) is 3.49.